The van der Waals surface area contributed by atoms with Gasteiger partial charge >= 0.3 is 0 Å². The van der Waals surface area contributed by atoms with Crippen LogP contribution >= 0.6 is 11.3 Å². The third kappa shape index (κ3) is 3.65. The SMILES string of the molecule is COc1ccc(F)cc1/C(O)=C1\C(=O)C(=O)N(CCN(C)C)C1c1cccs1. The number of hydrogen-bond acceptors (Lipinski definition) is 6. The van der Waals surface area contributed by atoms with E-state index in [1.54, 1.807) is 6.07 Å². The Morgan fingerprint density at radius 2 is 2.07 bits per heavy atom. The van der Waals surface area contributed by atoms with E-state index in [4.69, 9.17) is 4.74 Å². The number of rotatable bonds is 6. The van der Waals surface area contributed by atoms with Crippen molar-refractivity contribution >= 4 is 28.8 Å². The molecule has 0 saturated carbocycles. The molecule has 2 aromatic rings. The molecule has 1 aliphatic heterocycles. The van der Waals surface area contributed by atoms with Crippen LogP contribution in [0.5, 0.6) is 5.75 Å². The predicted molar refractivity (Wildman–Crippen MR) is 105 cm³/mol. The van der Waals surface area contributed by atoms with Gasteiger partial charge in [0.1, 0.15) is 17.3 Å². The van der Waals surface area contributed by atoms with Crippen LogP contribution in [-0.4, -0.2) is 60.9 Å². The van der Waals surface area contributed by atoms with Gasteiger partial charge in [0.2, 0.25) is 0 Å². The molecule has 8 heteroatoms. The van der Waals surface area contributed by atoms with Crippen LogP contribution in [0.15, 0.2) is 41.3 Å². The van der Waals surface area contributed by atoms with E-state index in [-0.39, 0.29) is 16.9 Å². The van der Waals surface area contributed by atoms with E-state index >= 15 is 0 Å². The van der Waals surface area contributed by atoms with Gasteiger partial charge < -0.3 is 19.6 Å². The molecule has 1 atom stereocenters. The number of thiophene rings is 1. The first kappa shape index (κ1) is 20.0. The van der Waals surface area contributed by atoms with Crippen LogP contribution in [0.4, 0.5) is 4.39 Å². The van der Waals surface area contributed by atoms with Crippen molar-refractivity contribution in [3.63, 3.8) is 0 Å². The van der Waals surface area contributed by atoms with Gasteiger partial charge in [0.05, 0.1) is 24.3 Å². The minimum Gasteiger partial charge on any atom is -0.507 e. The maximum atomic E-state index is 13.8. The number of halogens is 1. The number of hydrogen-bond donors (Lipinski definition) is 1. The smallest absolute Gasteiger partial charge is 0.295 e. The number of methoxy groups -OCH3 is 1. The highest BCUT2D eigenvalue weighted by Gasteiger charge is 2.46. The van der Waals surface area contributed by atoms with Gasteiger partial charge in [-0.2, -0.15) is 0 Å². The van der Waals surface area contributed by atoms with Crippen LogP contribution in [0, 0.1) is 5.82 Å². The Bertz CT molecular complexity index is 924. The molecule has 0 radical (unpaired) electrons. The van der Waals surface area contributed by atoms with Crippen LogP contribution in [0.1, 0.15) is 16.5 Å². The normalized spacial score (nSPS) is 18.9. The first-order valence-corrected chi connectivity index (χ1v) is 9.53. The molecule has 0 bridgehead atoms. The van der Waals surface area contributed by atoms with Crippen LogP contribution in [0.25, 0.3) is 5.76 Å². The zero-order valence-corrected chi connectivity index (χ0v) is 16.6. The van der Waals surface area contributed by atoms with Crippen LogP contribution in [0.3, 0.4) is 0 Å². The molecule has 1 unspecified atom stereocenters. The summed E-state index contributed by atoms with van der Waals surface area (Å²) in [6.07, 6.45) is 0. The summed E-state index contributed by atoms with van der Waals surface area (Å²) in [4.78, 5) is 29.6. The summed E-state index contributed by atoms with van der Waals surface area (Å²) in [6, 6.07) is 6.55. The number of amides is 1. The number of carbonyl (C=O) groups excluding carboxylic acids is 2. The van der Waals surface area contributed by atoms with Crippen LogP contribution in [0.2, 0.25) is 0 Å². The molecule has 1 amide bonds. The van der Waals surface area contributed by atoms with Crippen molar-refractivity contribution in [2.24, 2.45) is 0 Å². The molecule has 1 N–H and O–H groups in total. The van der Waals surface area contributed by atoms with Gasteiger partial charge in [0.25, 0.3) is 11.7 Å². The largest absolute Gasteiger partial charge is 0.507 e. The Kier molecular flexibility index (Phi) is 5.81. The number of ether oxygens (including phenoxy) is 1. The minimum absolute atomic E-state index is 0.0367. The molecule has 1 aromatic carbocycles. The molecule has 148 valence electrons. The van der Waals surface area contributed by atoms with E-state index in [0.29, 0.717) is 13.1 Å². The Balaban J connectivity index is 2.17. The zero-order valence-electron chi connectivity index (χ0n) is 15.8. The Hall–Kier alpha value is -2.71. The van der Waals surface area contributed by atoms with Crippen molar-refractivity contribution in [3.8, 4) is 5.75 Å². The van der Waals surface area contributed by atoms with Crippen molar-refractivity contribution in [2.45, 2.75) is 6.04 Å². The van der Waals surface area contributed by atoms with Gasteiger partial charge in [-0.05, 0) is 43.7 Å². The van der Waals surface area contributed by atoms with Crippen LogP contribution < -0.4 is 4.74 Å². The van der Waals surface area contributed by atoms with Crippen molar-refractivity contribution < 1.29 is 23.8 Å². The van der Waals surface area contributed by atoms with E-state index < -0.39 is 29.3 Å². The van der Waals surface area contributed by atoms with Crippen molar-refractivity contribution in [1.82, 2.24) is 9.80 Å². The summed E-state index contributed by atoms with van der Waals surface area (Å²) in [5.41, 5.74) is -0.0234. The molecule has 6 nitrogen and oxygen atoms in total. The fraction of sp³-hybridized carbons (Fsp3) is 0.300. The summed E-state index contributed by atoms with van der Waals surface area (Å²) in [7, 11) is 5.12. The average Bonchev–Trinajstić information content (AvgIpc) is 3.27. The Labute approximate surface area is 166 Å². The fourth-order valence-electron chi connectivity index (χ4n) is 3.17. The third-order valence-electron chi connectivity index (χ3n) is 4.56. The lowest BCUT2D eigenvalue weighted by molar-refractivity contribution is -0.140. The molecule has 0 aliphatic carbocycles. The first-order valence-electron chi connectivity index (χ1n) is 8.65. The van der Waals surface area contributed by atoms with Crippen molar-refractivity contribution in [2.75, 3.05) is 34.3 Å². The number of Topliss-reactive ketones (excluding diaryl/α,β-unsaturated/α-hetero) is 1. The second-order valence-corrected chi connectivity index (χ2v) is 7.64. The molecule has 0 spiro atoms. The minimum atomic E-state index is -0.791. The van der Waals surface area contributed by atoms with Gasteiger partial charge in [0.15, 0.2) is 0 Å². The second kappa shape index (κ2) is 8.12. The lowest BCUT2D eigenvalue weighted by atomic mass is 9.99. The number of likely N-dealkylation sites (N-methyl/N-ethyl adjacent to an activating group) is 1. The number of ketones is 1. The number of aliphatic hydroxyl groups excluding tert-OH is 1. The molecular formula is C20H21FN2O4S. The molecule has 1 aliphatic rings. The Morgan fingerprint density at radius 3 is 2.68 bits per heavy atom. The average molecular weight is 404 g/mol. The quantitative estimate of drug-likeness (QED) is 0.456. The number of nitrogens with zero attached hydrogens (tertiary/aromatic N) is 2. The molecule has 3 rings (SSSR count). The fourth-order valence-corrected chi connectivity index (χ4v) is 4.02. The van der Waals surface area contributed by atoms with Gasteiger partial charge in [-0.1, -0.05) is 6.07 Å². The predicted octanol–water partition coefficient (Wildman–Crippen LogP) is 2.88. The summed E-state index contributed by atoms with van der Waals surface area (Å²) in [5, 5.41) is 12.8. The molecule has 1 saturated heterocycles. The van der Waals surface area contributed by atoms with Gasteiger partial charge in [-0.25, -0.2) is 4.39 Å². The highest BCUT2D eigenvalue weighted by molar-refractivity contribution is 7.10. The highest BCUT2D eigenvalue weighted by atomic mass is 32.1. The van der Waals surface area contributed by atoms with E-state index in [0.717, 1.165) is 10.9 Å². The molecule has 2 heterocycles. The second-order valence-electron chi connectivity index (χ2n) is 6.66. The zero-order chi connectivity index (χ0) is 20.4. The number of aliphatic hydroxyl groups is 1. The highest BCUT2D eigenvalue weighted by Crippen LogP contribution is 2.42. The summed E-state index contributed by atoms with van der Waals surface area (Å²) in [6.45, 7) is 0.870. The van der Waals surface area contributed by atoms with E-state index in [1.807, 2.05) is 30.4 Å². The monoisotopic (exact) mass is 404 g/mol. The maximum Gasteiger partial charge on any atom is 0.295 e. The third-order valence-corrected chi connectivity index (χ3v) is 5.48. The van der Waals surface area contributed by atoms with Crippen LogP contribution in [-0.2, 0) is 9.59 Å². The number of carbonyl (C=O) groups is 2. The van der Waals surface area contributed by atoms with Crippen molar-refractivity contribution in [3.05, 3.63) is 57.5 Å². The standard InChI is InChI=1S/C20H21FN2O4S/c1-22(2)8-9-23-17(15-5-4-10-28-15)16(19(25)20(23)26)18(24)13-11-12(21)6-7-14(13)27-3/h4-7,10-11,17,24H,8-9H2,1-3H3/b18-16+. The van der Waals surface area contributed by atoms with Crippen molar-refractivity contribution in [1.29, 1.82) is 0 Å². The summed E-state index contributed by atoms with van der Waals surface area (Å²) in [5.74, 6) is -2.29. The summed E-state index contributed by atoms with van der Waals surface area (Å²) >= 11 is 1.38. The Morgan fingerprint density at radius 1 is 1.32 bits per heavy atom. The summed E-state index contributed by atoms with van der Waals surface area (Å²) < 4.78 is 19.0. The number of likely N-dealkylation sites (tertiary alicyclic amines) is 1. The van der Waals surface area contributed by atoms with Gasteiger partial charge in [-0.3, -0.25) is 9.59 Å². The maximum absolute atomic E-state index is 13.8. The topological polar surface area (TPSA) is 70.1 Å². The molecular weight excluding hydrogens is 383 g/mol. The van der Waals surface area contributed by atoms with E-state index in [9.17, 15) is 19.1 Å². The first-order chi connectivity index (χ1) is 13.3. The lowest BCUT2D eigenvalue weighted by Crippen LogP contribution is -2.35. The molecule has 1 aromatic heterocycles. The van der Waals surface area contributed by atoms with Gasteiger partial charge in [0, 0.05) is 18.0 Å². The van der Waals surface area contributed by atoms with E-state index in [2.05, 4.69) is 0 Å². The van der Waals surface area contributed by atoms with Gasteiger partial charge in [-0.15, -0.1) is 11.3 Å². The van der Waals surface area contributed by atoms with E-state index in [1.165, 1.54) is 35.5 Å². The number of benzene rings is 1. The molecule has 28 heavy (non-hydrogen) atoms. The molecule has 1 fully saturated rings. The lowest BCUT2D eigenvalue weighted by Gasteiger charge is -2.25.